The Bertz CT molecular complexity index is 327. The van der Waals surface area contributed by atoms with Gasteiger partial charge in [-0.05, 0) is 18.9 Å². The first-order chi connectivity index (χ1) is 7.26. The summed E-state index contributed by atoms with van der Waals surface area (Å²) in [5.41, 5.74) is 6.03. The van der Waals surface area contributed by atoms with Gasteiger partial charge in [0.1, 0.15) is 5.69 Å². The van der Waals surface area contributed by atoms with Gasteiger partial charge in [0.15, 0.2) is 0 Å². The first kappa shape index (κ1) is 10.2. The third-order valence-electron chi connectivity index (χ3n) is 3.08. The molecule has 0 radical (unpaired) electrons. The van der Waals surface area contributed by atoms with Gasteiger partial charge in [0.2, 0.25) is 0 Å². The summed E-state index contributed by atoms with van der Waals surface area (Å²) in [5.74, 6) is -0.111. The third-order valence-corrected chi connectivity index (χ3v) is 3.08. The zero-order valence-electron chi connectivity index (χ0n) is 8.62. The van der Waals surface area contributed by atoms with E-state index >= 15 is 0 Å². The van der Waals surface area contributed by atoms with Crippen LogP contribution in [0.1, 0.15) is 36.2 Å². The van der Waals surface area contributed by atoms with Crippen LogP contribution in [0.2, 0.25) is 0 Å². The first-order valence-corrected chi connectivity index (χ1v) is 5.28. The van der Waals surface area contributed by atoms with E-state index in [0.29, 0.717) is 12.2 Å². The van der Waals surface area contributed by atoms with Crippen molar-refractivity contribution in [1.29, 1.82) is 0 Å². The summed E-state index contributed by atoms with van der Waals surface area (Å²) in [6, 6.07) is 1.66. The molecule has 1 aromatic heterocycles. The average molecular weight is 208 g/mol. The minimum absolute atomic E-state index is 0.111. The van der Waals surface area contributed by atoms with Gasteiger partial charge in [-0.3, -0.25) is 9.89 Å². The van der Waals surface area contributed by atoms with Crippen LogP contribution < -0.4 is 11.1 Å². The van der Waals surface area contributed by atoms with E-state index in [0.717, 1.165) is 25.7 Å². The largest absolute Gasteiger partial charge is 0.344 e. The second-order valence-corrected chi connectivity index (χ2v) is 4.12. The van der Waals surface area contributed by atoms with Crippen LogP contribution >= 0.6 is 0 Å². The standard InChI is InChI=1S/C10H16N4O/c11-7-10(4-1-2-5-10)13-9(15)8-3-6-12-14-8/h3,6H,1-2,4-5,7,11H2,(H,12,14)(H,13,15). The van der Waals surface area contributed by atoms with Crippen LogP contribution in [0.4, 0.5) is 0 Å². The molecular weight excluding hydrogens is 192 g/mol. The highest BCUT2D eigenvalue weighted by Gasteiger charge is 2.34. The smallest absolute Gasteiger partial charge is 0.269 e. The van der Waals surface area contributed by atoms with Crippen molar-refractivity contribution in [3.8, 4) is 0 Å². The molecule has 1 amide bonds. The Labute approximate surface area is 88.4 Å². The Balaban J connectivity index is 2.04. The van der Waals surface area contributed by atoms with Gasteiger partial charge < -0.3 is 11.1 Å². The predicted octanol–water partition coefficient (Wildman–Crippen LogP) is 0.411. The fraction of sp³-hybridized carbons (Fsp3) is 0.600. The van der Waals surface area contributed by atoms with Gasteiger partial charge in [-0.25, -0.2) is 0 Å². The van der Waals surface area contributed by atoms with E-state index < -0.39 is 0 Å². The monoisotopic (exact) mass is 208 g/mol. The van der Waals surface area contributed by atoms with Crippen molar-refractivity contribution in [2.45, 2.75) is 31.2 Å². The lowest BCUT2D eigenvalue weighted by atomic mass is 9.97. The molecule has 0 saturated heterocycles. The summed E-state index contributed by atoms with van der Waals surface area (Å²) in [7, 11) is 0. The van der Waals surface area contributed by atoms with Crippen LogP contribution in [0.5, 0.6) is 0 Å². The lowest BCUT2D eigenvalue weighted by Gasteiger charge is -2.28. The van der Waals surface area contributed by atoms with Gasteiger partial charge in [0.25, 0.3) is 5.91 Å². The minimum atomic E-state index is -0.192. The molecule has 4 N–H and O–H groups in total. The summed E-state index contributed by atoms with van der Waals surface area (Å²) in [4.78, 5) is 11.8. The number of rotatable bonds is 3. The van der Waals surface area contributed by atoms with Gasteiger partial charge in [-0.15, -0.1) is 0 Å². The zero-order chi connectivity index (χ0) is 10.7. The number of carbonyl (C=O) groups is 1. The number of carbonyl (C=O) groups excluding carboxylic acids is 1. The number of aromatic amines is 1. The van der Waals surface area contributed by atoms with Crippen LogP contribution in [0.15, 0.2) is 12.3 Å². The quantitative estimate of drug-likeness (QED) is 0.672. The van der Waals surface area contributed by atoms with Crippen molar-refractivity contribution >= 4 is 5.91 Å². The van der Waals surface area contributed by atoms with Gasteiger partial charge >= 0.3 is 0 Å². The van der Waals surface area contributed by atoms with E-state index in [9.17, 15) is 4.79 Å². The summed E-state index contributed by atoms with van der Waals surface area (Å²) < 4.78 is 0. The van der Waals surface area contributed by atoms with Gasteiger partial charge in [-0.2, -0.15) is 5.10 Å². The molecule has 0 bridgehead atoms. The lowest BCUT2D eigenvalue weighted by Crippen LogP contribution is -2.51. The van der Waals surface area contributed by atoms with Gasteiger partial charge in [0.05, 0.1) is 5.54 Å². The molecule has 1 aliphatic carbocycles. The number of hydrogen-bond donors (Lipinski definition) is 3. The fourth-order valence-corrected chi connectivity index (χ4v) is 2.12. The Kier molecular flexibility index (Phi) is 2.73. The number of nitrogens with two attached hydrogens (primary N) is 1. The molecule has 1 aliphatic rings. The van der Waals surface area contributed by atoms with Crippen molar-refractivity contribution in [2.24, 2.45) is 5.73 Å². The molecule has 0 aliphatic heterocycles. The Hall–Kier alpha value is -1.36. The molecule has 5 heteroatoms. The zero-order valence-corrected chi connectivity index (χ0v) is 8.62. The fourth-order valence-electron chi connectivity index (χ4n) is 2.12. The highest BCUT2D eigenvalue weighted by Crippen LogP contribution is 2.28. The summed E-state index contributed by atoms with van der Waals surface area (Å²) in [6.45, 7) is 0.507. The molecule has 1 heterocycles. The van der Waals surface area contributed by atoms with E-state index in [4.69, 9.17) is 5.73 Å². The van der Waals surface area contributed by atoms with Crippen LogP contribution in [-0.2, 0) is 0 Å². The van der Waals surface area contributed by atoms with Crippen molar-refractivity contribution in [1.82, 2.24) is 15.5 Å². The molecule has 0 atom stereocenters. The second-order valence-electron chi connectivity index (χ2n) is 4.12. The van der Waals surface area contributed by atoms with Crippen LogP contribution in [0.3, 0.4) is 0 Å². The lowest BCUT2D eigenvalue weighted by molar-refractivity contribution is 0.0898. The SMILES string of the molecule is NCC1(NC(=O)c2ccn[nH]2)CCCC1. The van der Waals surface area contributed by atoms with E-state index in [1.165, 1.54) is 0 Å². The molecule has 82 valence electrons. The Morgan fingerprint density at radius 1 is 1.60 bits per heavy atom. The van der Waals surface area contributed by atoms with E-state index in [-0.39, 0.29) is 11.4 Å². The van der Waals surface area contributed by atoms with Gasteiger partial charge in [-0.1, -0.05) is 12.8 Å². The van der Waals surface area contributed by atoms with Crippen molar-refractivity contribution in [3.63, 3.8) is 0 Å². The second kappa shape index (κ2) is 4.02. The van der Waals surface area contributed by atoms with E-state index in [1.54, 1.807) is 12.3 Å². The molecule has 1 saturated carbocycles. The van der Waals surface area contributed by atoms with Crippen molar-refractivity contribution in [2.75, 3.05) is 6.54 Å². The maximum absolute atomic E-state index is 11.8. The van der Waals surface area contributed by atoms with Crippen LogP contribution in [0.25, 0.3) is 0 Å². The molecule has 1 fully saturated rings. The van der Waals surface area contributed by atoms with Crippen molar-refractivity contribution < 1.29 is 4.79 Å². The molecule has 15 heavy (non-hydrogen) atoms. The average Bonchev–Trinajstić information content (AvgIpc) is 2.88. The Morgan fingerprint density at radius 2 is 2.33 bits per heavy atom. The normalized spacial score (nSPS) is 19.0. The van der Waals surface area contributed by atoms with Crippen LogP contribution in [-0.4, -0.2) is 28.2 Å². The topological polar surface area (TPSA) is 83.8 Å². The van der Waals surface area contributed by atoms with Crippen LogP contribution in [0, 0.1) is 0 Å². The maximum atomic E-state index is 11.8. The third kappa shape index (κ3) is 2.02. The van der Waals surface area contributed by atoms with E-state index in [1.807, 2.05) is 0 Å². The number of aromatic nitrogens is 2. The molecular formula is C10H16N4O. The molecule has 0 aromatic carbocycles. The number of amides is 1. The summed E-state index contributed by atoms with van der Waals surface area (Å²) >= 11 is 0. The maximum Gasteiger partial charge on any atom is 0.269 e. The molecule has 0 spiro atoms. The van der Waals surface area contributed by atoms with Gasteiger partial charge in [0, 0.05) is 12.7 Å². The summed E-state index contributed by atoms with van der Waals surface area (Å²) in [6.07, 6.45) is 5.80. The first-order valence-electron chi connectivity index (χ1n) is 5.28. The summed E-state index contributed by atoms with van der Waals surface area (Å²) in [5, 5.41) is 9.41. The molecule has 1 aromatic rings. The molecule has 5 nitrogen and oxygen atoms in total. The predicted molar refractivity (Wildman–Crippen MR) is 56.3 cm³/mol. The highest BCUT2D eigenvalue weighted by molar-refractivity contribution is 5.92. The highest BCUT2D eigenvalue weighted by atomic mass is 16.2. The minimum Gasteiger partial charge on any atom is -0.344 e. The molecule has 0 unspecified atom stereocenters. The van der Waals surface area contributed by atoms with E-state index in [2.05, 4.69) is 15.5 Å². The molecule has 2 rings (SSSR count). The number of nitrogens with zero attached hydrogens (tertiary/aromatic N) is 1. The number of nitrogens with one attached hydrogen (secondary N) is 2. The Morgan fingerprint density at radius 3 is 2.87 bits per heavy atom. The number of hydrogen-bond acceptors (Lipinski definition) is 3. The number of H-pyrrole nitrogens is 1. The van der Waals surface area contributed by atoms with Crippen molar-refractivity contribution in [3.05, 3.63) is 18.0 Å².